The van der Waals surface area contributed by atoms with E-state index in [4.69, 9.17) is 9.15 Å². The molecule has 0 saturated carbocycles. The number of benzene rings is 2. The first-order valence-electron chi connectivity index (χ1n) is 9.04. The minimum atomic E-state index is -0.157. The van der Waals surface area contributed by atoms with Crippen molar-refractivity contribution < 1.29 is 13.9 Å². The third kappa shape index (κ3) is 3.49. The van der Waals surface area contributed by atoms with E-state index in [1.165, 1.54) is 0 Å². The molecule has 0 aliphatic heterocycles. The molecule has 0 unspecified atom stereocenters. The highest BCUT2D eigenvalue weighted by Gasteiger charge is 2.14. The summed E-state index contributed by atoms with van der Waals surface area (Å²) in [5.41, 5.74) is 3.25. The number of furan rings is 1. The molecule has 0 fully saturated rings. The average Bonchev–Trinajstić information content (AvgIpc) is 3.23. The molecular formula is C21H20BrN3O3. The highest BCUT2D eigenvalue weighted by atomic mass is 79.9. The number of ether oxygens (including phenoxy) is 1. The van der Waals surface area contributed by atoms with Gasteiger partial charge in [0.2, 0.25) is 0 Å². The summed E-state index contributed by atoms with van der Waals surface area (Å²) in [6.45, 7) is 3.36. The van der Waals surface area contributed by atoms with E-state index in [1.807, 2.05) is 28.9 Å². The number of amides is 1. The number of rotatable bonds is 6. The van der Waals surface area contributed by atoms with Crippen molar-refractivity contribution >= 4 is 43.7 Å². The summed E-state index contributed by atoms with van der Waals surface area (Å²) in [6.07, 6.45) is 0.784. The molecule has 0 aliphatic rings. The highest BCUT2D eigenvalue weighted by Crippen LogP contribution is 2.32. The van der Waals surface area contributed by atoms with E-state index < -0.39 is 0 Å². The summed E-state index contributed by atoms with van der Waals surface area (Å²) in [7, 11) is 1.58. The number of aryl methyl sites for hydroxylation is 2. The summed E-state index contributed by atoms with van der Waals surface area (Å²) in [4.78, 5) is 12.5. The van der Waals surface area contributed by atoms with Gasteiger partial charge in [0.15, 0.2) is 4.67 Å². The summed E-state index contributed by atoms with van der Waals surface area (Å²) in [6, 6.07) is 13.4. The molecule has 144 valence electrons. The van der Waals surface area contributed by atoms with E-state index in [2.05, 4.69) is 39.3 Å². The number of nitrogens with zero attached hydrogens (tertiary/aromatic N) is 2. The van der Waals surface area contributed by atoms with Crippen molar-refractivity contribution in [1.29, 1.82) is 0 Å². The van der Waals surface area contributed by atoms with E-state index >= 15 is 0 Å². The maximum atomic E-state index is 12.5. The molecule has 0 atom stereocenters. The molecule has 1 amide bonds. The Bertz CT molecular complexity index is 1160. The van der Waals surface area contributed by atoms with Crippen LogP contribution in [0.4, 0.5) is 0 Å². The molecule has 4 aromatic rings. The Hall–Kier alpha value is -2.80. The number of aromatic nitrogens is 2. The summed E-state index contributed by atoms with van der Waals surface area (Å²) >= 11 is 3.31. The van der Waals surface area contributed by atoms with Gasteiger partial charge in [0.05, 0.1) is 18.0 Å². The summed E-state index contributed by atoms with van der Waals surface area (Å²) in [5.74, 6) is 0.450. The maximum absolute atomic E-state index is 12.5. The van der Waals surface area contributed by atoms with Crippen molar-refractivity contribution in [2.75, 3.05) is 13.7 Å². The Morgan fingerprint density at radius 1 is 1.25 bits per heavy atom. The minimum Gasteiger partial charge on any atom is -0.496 e. The molecule has 0 spiro atoms. The molecule has 28 heavy (non-hydrogen) atoms. The van der Waals surface area contributed by atoms with E-state index in [0.29, 0.717) is 28.1 Å². The normalized spacial score (nSPS) is 11.2. The number of hydrogen-bond donors (Lipinski definition) is 1. The van der Waals surface area contributed by atoms with Crippen molar-refractivity contribution in [2.24, 2.45) is 0 Å². The predicted octanol–water partition coefficient (Wildman–Crippen LogP) is 4.68. The van der Waals surface area contributed by atoms with Gasteiger partial charge < -0.3 is 14.5 Å². The number of methoxy groups -OCH3 is 1. The van der Waals surface area contributed by atoms with Gasteiger partial charge in [-0.3, -0.25) is 9.48 Å². The van der Waals surface area contributed by atoms with Crippen LogP contribution < -0.4 is 10.1 Å². The quantitative estimate of drug-likeness (QED) is 0.441. The summed E-state index contributed by atoms with van der Waals surface area (Å²) in [5, 5.41) is 9.56. The molecular weight excluding hydrogens is 422 g/mol. The van der Waals surface area contributed by atoms with Crippen LogP contribution >= 0.6 is 15.9 Å². The van der Waals surface area contributed by atoms with Crippen LogP contribution in [-0.2, 0) is 6.54 Å². The number of nitrogens with one attached hydrogen (secondary N) is 1. The second-order valence-electron chi connectivity index (χ2n) is 6.58. The molecule has 0 aliphatic carbocycles. The fourth-order valence-corrected chi connectivity index (χ4v) is 3.74. The van der Waals surface area contributed by atoms with Gasteiger partial charge in [-0.15, -0.1) is 0 Å². The van der Waals surface area contributed by atoms with Gasteiger partial charge in [-0.1, -0.05) is 18.2 Å². The number of carbonyl (C=O) groups excluding carboxylic acids is 1. The van der Waals surface area contributed by atoms with E-state index in [9.17, 15) is 4.79 Å². The topological polar surface area (TPSA) is 69.3 Å². The molecule has 2 aromatic carbocycles. The molecule has 0 radical (unpaired) electrons. The zero-order valence-corrected chi connectivity index (χ0v) is 17.2. The highest BCUT2D eigenvalue weighted by molar-refractivity contribution is 9.10. The molecule has 1 N–H and O–H groups in total. The van der Waals surface area contributed by atoms with Crippen molar-refractivity contribution in [3.8, 4) is 5.75 Å². The lowest BCUT2D eigenvalue weighted by atomic mass is 10.1. The fraction of sp³-hybridized carbons (Fsp3) is 0.238. The van der Waals surface area contributed by atoms with Crippen molar-refractivity contribution in [3.63, 3.8) is 0 Å². The van der Waals surface area contributed by atoms with Crippen molar-refractivity contribution in [1.82, 2.24) is 15.1 Å². The molecule has 4 rings (SSSR count). The van der Waals surface area contributed by atoms with Crippen LogP contribution in [0.3, 0.4) is 0 Å². The van der Waals surface area contributed by atoms with Gasteiger partial charge in [0.25, 0.3) is 5.91 Å². The largest absolute Gasteiger partial charge is 0.496 e. The van der Waals surface area contributed by atoms with Crippen LogP contribution in [0, 0.1) is 6.92 Å². The van der Waals surface area contributed by atoms with Gasteiger partial charge in [-0.05, 0) is 47.5 Å². The van der Waals surface area contributed by atoms with E-state index in [0.717, 1.165) is 34.9 Å². The smallest absolute Gasteiger partial charge is 0.251 e. The standard InChI is InChI=1S/C21H20BrN3O3/c1-13-15-6-3-4-7-17(15)24-25(13)9-5-8-23-21(26)14-10-18(27-2)16-12-20(22)28-19(16)11-14/h3-4,6-7,10-12H,5,8-9H2,1-2H3,(H,23,26). The summed E-state index contributed by atoms with van der Waals surface area (Å²) < 4.78 is 13.5. The van der Waals surface area contributed by atoms with E-state index in [1.54, 1.807) is 19.2 Å². The first kappa shape index (κ1) is 18.6. The Morgan fingerprint density at radius 2 is 2.07 bits per heavy atom. The molecule has 7 heteroatoms. The molecule has 0 bridgehead atoms. The predicted molar refractivity (Wildman–Crippen MR) is 112 cm³/mol. The number of hydrogen-bond acceptors (Lipinski definition) is 4. The number of carbonyl (C=O) groups is 1. The SMILES string of the molecule is COc1cc(C(=O)NCCCn2nc3ccccc3c2C)cc2oc(Br)cc12. The number of halogens is 1. The Labute approximate surface area is 170 Å². The zero-order chi connectivity index (χ0) is 19.7. The van der Waals surface area contributed by atoms with Crippen LogP contribution in [-0.4, -0.2) is 29.3 Å². The van der Waals surface area contributed by atoms with Crippen LogP contribution in [0.15, 0.2) is 51.6 Å². The molecule has 0 saturated heterocycles. The van der Waals surface area contributed by atoms with Gasteiger partial charge in [0.1, 0.15) is 11.3 Å². The molecule has 6 nitrogen and oxygen atoms in total. The first-order valence-corrected chi connectivity index (χ1v) is 9.83. The lowest BCUT2D eigenvalue weighted by Gasteiger charge is -2.08. The fourth-order valence-electron chi connectivity index (χ4n) is 3.34. The zero-order valence-electron chi connectivity index (χ0n) is 15.7. The molecule has 2 aromatic heterocycles. The Morgan fingerprint density at radius 3 is 2.86 bits per heavy atom. The number of fused-ring (bicyclic) bond motifs is 2. The van der Waals surface area contributed by atoms with Gasteiger partial charge in [-0.25, -0.2) is 0 Å². The van der Waals surface area contributed by atoms with Gasteiger partial charge in [0, 0.05) is 35.8 Å². The maximum Gasteiger partial charge on any atom is 0.251 e. The first-order chi connectivity index (χ1) is 13.6. The van der Waals surface area contributed by atoms with Gasteiger partial charge >= 0.3 is 0 Å². The van der Waals surface area contributed by atoms with Gasteiger partial charge in [-0.2, -0.15) is 5.10 Å². The third-order valence-corrected chi connectivity index (χ3v) is 5.18. The Kier molecular flexibility index (Phi) is 5.09. The van der Waals surface area contributed by atoms with Crippen molar-refractivity contribution in [3.05, 3.63) is 58.4 Å². The van der Waals surface area contributed by atoms with Crippen LogP contribution in [0.5, 0.6) is 5.75 Å². The van der Waals surface area contributed by atoms with Crippen LogP contribution in [0.2, 0.25) is 0 Å². The van der Waals surface area contributed by atoms with Crippen LogP contribution in [0.1, 0.15) is 22.5 Å². The third-order valence-electron chi connectivity index (χ3n) is 4.79. The second-order valence-corrected chi connectivity index (χ2v) is 7.36. The molecule has 2 heterocycles. The Balaban J connectivity index is 1.40. The van der Waals surface area contributed by atoms with Crippen LogP contribution in [0.25, 0.3) is 21.9 Å². The minimum absolute atomic E-state index is 0.157. The average molecular weight is 442 g/mol. The van der Waals surface area contributed by atoms with Crippen molar-refractivity contribution in [2.45, 2.75) is 19.9 Å². The monoisotopic (exact) mass is 441 g/mol. The lowest BCUT2D eigenvalue weighted by Crippen LogP contribution is -2.25. The second kappa shape index (κ2) is 7.67. The lowest BCUT2D eigenvalue weighted by molar-refractivity contribution is 0.0952. The van der Waals surface area contributed by atoms with E-state index in [-0.39, 0.29) is 5.91 Å².